The van der Waals surface area contributed by atoms with Crippen LogP contribution in [0.5, 0.6) is 0 Å². The van der Waals surface area contributed by atoms with E-state index >= 15 is 0 Å². The van der Waals surface area contributed by atoms with Gasteiger partial charge in [-0.25, -0.2) is 0 Å². The molecule has 0 saturated heterocycles. The minimum atomic E-state index is -0.178. The minimum Gasteiger partial charge on any atom is -0.393 e. The number of aliphatic hydroxyl groups excluding tert-OH is 4. The third-order valence-electron chi connectivity index (χ3n) is 10.9. The zero-order valence-corrected chi connectivity index (χ0v) is 29.3. The van der Waals surface area contributed by atoms with Crippen LogP contribution in [0.25, 0.3) is 0 Å². The molecular weight excluding hydrogens is 540 g/mol. The zero-order chi connectivity index (χ0) is 33.2. The van der Waals surface area contributed by atoms with Crippen molar-refractivity contribution < 1.29 is 20.4 Å². The molecule has 0 aromatic carbocycles. The molecule has 11 unspecified atom stereocenters. The van der Waals surface area contributed by atoms with Crippen LogP contribution in [0.4, 0.5) is 0 Å². The molecule has 0 aromatic heterocycles. The lowest BCUT2D eigenvalue weighted by Gasteiger charge is -2.42. The summed E-state index contributed by atoms with van der Waals surface area (Å²) in [5.74, 6) is 3.14. The lowest BCUT2D eigenvalue weighted by molar-refractivity contribution is -0.0321. The molecule has 11 atom stereocenters. The summed E-state index contributed by atoms with van der Waals surface area (Å²) in [7, 11) is 0. The molecule has 4 saturated carbocycles. The van der Waals surface area contributed by atoms with Crippen LogP contribution in [0.2, 0.25) is 0 Å². The van der Waals surface area contributed by atoms with E-state index in [0.29, 0.717) is 53.5 Å². The molecule has 4 rings (SSSR count). The van der Waals surface area contributed by atoms with E-state index in [9.17, 15) is 15.3 Å². The van der Waals surface area contributed by atoms with E-state index in [1.54, 1.807) is 0 Å². The van der Waals surface area contributed by atoms with Gasteiger partial charge >= 0.3 is 0 Å². The summed E-state index contributed by atoms with van der Waals surface area (Å²) >= 11 is 0. The fourth-order valence-corrected chi connectivity index (χ4v) is 7.79. The van der Waals surface area contributed by atoms with Crippen LogP contribution in [-0.4, -0.2) is 69.0 Å². The molecule has 0 bridgehead atoms. The summed E-state index contributed by atoms with van der Waals surface area (Å²) in [4.78, 5) is 0. The van der Waals surface area contributed by atoms with Crippen LogP contribution in [0.3, 0.4) is 0 Å². The van der Waals surface area contributed by atoms with E-state index in [4.69, 9.17) is 28.0 Å². The van der Waals surface area contributed by atoms with E-state index in [-0.39, 0.29) is 41.9 Å². The first-order chi connectivity index (χ1) is 19.8. The van der Waals surface area contributed by atoms with Crippen LogP contribution in [0, 0.1) is 46.8 Å². The topological polar surface area (TPSA) is 185 Å². The van der Waals surface area contributed by atoms with Gasteiger partial charge in [0.1, 0.15) is 0 Å². The molecule has 4 fully saturated rings. The van der Waals surface area contributed by atoms with Gasteiger partial charge in [0.25, 0.3) is 0 Å². The predicted molar refractivity (Wildman–Crippen MR) is 180 cm³/mol. The van der Waals surface area contributed by atoms with Crippen LogP contribution in [0.1, 0.15) is 127 Å². The molecule has 4 aliphatic rings. The second-order valence-corrected chi connectivity index (χ2v) is 16.4. The third kappa shape index (κ3) is 13.9. The molecule has 0 aromatic rings. The van der Waals surface area contributed by atoms with Gasteiger partial charge in [0.15, 0.2) is 0 Å². The molecule has 0 amide bonds. The van der Waals surface area contributed by atoms with Gasteiger partial charge in [0, 0.05) is 24.2 Å². The first kappa shape index (κ1) is 40.7. The van der Waals surface area contributed by atoms with Crippen LogP contribution in [0.15, 0.2) is 0 Å². The summed E-state index contributed by atoms with van der Waals surface area (Å²) in [6.45, 7) is 19.2. The number of hydrogen-bond acceptors (Lipinski definition) is 8. The van der Waals surface area contributed by atoms with Crippen molar-refractivity contribution in [3.8, 4) is 0 Å². The minimum absolute atomic E-state index is 0.0110. The SMILES string of the molecule is CC(C)C1CC(N)CC(C(C)C)C1O.CC1CC(N)CC(C)(C)C1O.CC1CC(N)CCC1O.CC1CC(O)CCC1N. The Kier molecular flexibility index (Phi) is 17.7. The number of hydrogen-bond donors (Lipinski definition) is 8. The van der Waals surface area contributed by atoms with E-state index in [0.717, 1.165) is 64.2 Å². The summed E-state index contributed by atoms with van der Waals surface area (Å²) in [5.41, 5.74) is 23.3. The van der Waals surface area contributed by atoms with E-state index in [1.165, 1.54) is 0 Å². The average molecular weight is 615 g/mol. The number of nitrogens with two attached hydrogens (primary N) is 4. The van der Waals surface area contributed by atoms with Crippen molar-refractivity contribution in [1.82, 2.24) is 0 Å². The molecule has 0 aliphatic heterocycles. The van der Waals surface area contributed by atoms with Gasteiger partial charge in [0.2, 0.25) is 0 Å². The van der Waals surface area contributed by atoms with Gasteiger partial charge in [-0.15, -0.1) is 0 Å². The van der Waals surface area contributed by atoms with Crippen molar-refractivity contribution in [3.05, 3.63) is 0 Å². The van der Waals surface area contributed by atoms with E-state index in [1.807, 2.05) is 0 Å². The molecule has 12 N–H and O–H groups in total. The Balaban J connectivity index is 0.000000292. The maximum absolute atomic E-state index is 10.2. The maximum atomic E-state index is 10.2. The zero-order valence-electron chi connectivity index (χ0n) is 29.3. The van der Waals surface area contributed by atoms with Crippen molar-refractivity contribution in [2.24, 2.45) is 69.8 Å². The highest BCUT2D eigenvalue weighted by Gasteiger charge is 2.39. The standard InChI is InChI=1S/C12H25NO.C9H19NO.2C7H15NO/c1-7(2)10-5-9(13)6-11(8(3)4)12(10)14;1-6-4-7(10)5-9(2,3)8(6)11;1-5-4-6(9)2-3-7(5)8;1-5-4-6(8)2-3-7(5)9/h7-12,14H,5-6,13H2,1-4H3;6-8,11H,4-5,10H2,1-3H3;2*5-7,9H,2-4,8H2,1H3. The van der Waals surface area contributed by atoms with Gasteiger partial charge in [-0.1, -0.05) is 62.3 Å². The third-order valence-corrected chi connectivity index (χ3v) is 10.9. The quantitative estimate of drug-likeness (QED) is 0.228. The Morgan fingerprint density at radius 2 is 1.09 bits per heavy atom. The maximum Gasteiger partial charge on any atom is 0.0617 e. The fourth-order valence-electron chi connectivity index (χ4n) is 7.79. The summed E-state index contributed by atoms with van der Waals surface area (Å²) in [6, 6.07) is 1.23. The molecule has 4 aliphatic carbocycles. The van der Waals surface area contributed by atoms with Crippen molar-refractivity contribution in [2.45, 2.75) is 175 Å². The molecule has 8 heteroatoms. The Labute approximate surface area is 265 Å². The van der Waals surface area contributed by atoms with Gasteiger partial charge in [-0.3, -0.25) is 0 Å². The highest BCUT2D eigenvalue weighted by molar-refractivity contribution is 4.92. The summed E-state index contributed by atoms with van der Waals surface area (Å²) in [6.07, 6.45) is 9.03. The molecule has 0 heterocycles. The van der Waals surface area contributed by atoms with Crippen molar-refractivity contribution >= 4 is 0 Å². The average Bonchev–Trinajstić information content (AvgIpc) is 2.89. The lowest BCUT2D eigenvalue weighted by atomic mass is 9.68. The van der Waals surface area contributed by atoms with Crippen molar-refractivity contribution in [2.75, 3.05) is 0 Å². The number of aliphatic hydroxyl groups is 4. The summed E-state index contributed by atoms with van der Waals surface area (Å²) < 4.78 is 0. The Hall–Kier alpha value is -0.320. The first-order valence-electron chi connectivity index (χ1n) is 17.5. The molecule has 0 radical (unpaired) electrons. The van der Waals surface area contributed by atoms with Gasteiger partial charge in [-0.05, 0) is 111 Å². The molecule has 43 heavy (non-hydrogen) atoms. The molecule has 0 spiro atoms. The van der Waals surface area contributed by atoms with Crippen LogP contribution >= 0.6 is 0 Å². The first-order valence-corrected chi connectivity index (χ1v) is 17.5. The van der Waals surface area contributed by atoms with Crippen molar-refractivity contribution in [3.63, 3.8) is 0 Å². The highest BCUT2D eigenvalue weighted by atomic mass is 16.3. The Morgan fingerprint density at radius 3 is 1.49 bits per heavy atom. The monoisotopic (exact) mass is 615 g/mol. The smallest absolute Gasteiger partial charge is 0.0617 e. The number of rotatable bonds is 2. The Bertz CT molecular complexity index is 711. The lowest BCUT2D eigenvalue weighted by Crippen LogP contribution is -2.46. The fraction of sp³-hybridized carbons (Fsp3) is 1.00. The second-order valence-electron chi connectivity index (χ2n) is 16.4. The summed E-state index contributed by atoms with van der Waals surface area (Å²) in [5, 5.41) is 38.4. The molecule has 258 valence electrons. The molecule has 8 nitrogen and oxygen atoms in total. The van der Waals surface area contributed by atoms with Gasteiger partial charge < -0.3 is 43.4 Å². The predicted octanol–water partition coefficient (Wildman–Crippen LogP) is 4.13. The Morgan fingerprint density at radius 1 is 0.581 bits per heavy atom. The van der Waals surface area contributed by atoms with E-state index in [2.05, 4.69) is 62.3 Å². The van der Waals surface area contributed by atoms with Gasteiger partial charge in [0.05, 0.1) is 24.4 Å². The van der Waals surface area contributed by atoms with Crippen molar-refractivity contribution in [1.29, 1.82) is 0 Å². The van der Waals surface area contributed by atoms with E-state index < -0.39 is 0 Å². The van der Waals surface area contributed by atoms with Crippen LogP contribution in [-0.2, 0) is 0 Å². The van der Waals surface area contributed by atoms with Crippen LogP contribution < -0.4 is 22.9 Å². The normalized spacial score (nSPS) is 42.9. The molecular formula is C35H74N4O4. The highest BCUT2D eigenvalue weighted by Crippen LogP contribution is 2.38. The van der Waals surface area contributed by atoms with Gasteiger partial charge in [-0.2, -0.15) is 0 Å². The second kappa shape index (κ2) is 18.7. The largest absolute Gasteiger partial charge is 0.393 e.